The van der Waals surface area contributed by atoms with Crippen molar-refractivity contribution >= 4 is 16.5 Å². The highest BCUT2D eigenvalue weighted by atomic mass is 14.6. The average molecular weight is 378 g/mol. The van der Waals surface area contributed by atoms with Gasteiger partial charge in [-0.3, -0.25) is 0 Å². The molecule has 0 aliphatic carbocycles. The monoisotopic (exact) mass is 377 g/mol. The summed E-state index contributed by atoms with van der Waals surface area (Å²) in [6.07, 6.45) is 1.25. The lowest BCUT2D eigenvalue weighted by atomic mass is 9.88. The Kier molecular flexibility index (Phi) is 9.79. The maximum Gasteiger partial charge on any atom is 0.0384 e. The molecule has 1 heteroatoms. The molecule has 3 rings (SSSR count). The van der Waals surface area contributed by atoms with Gasteiger partial charge in [-0.2, -0.15) is 0 Å². The van der Waals surface area contributed by atoms with Gasteiger partial charge in [0.1, 0.15) is 0 Å². The second kappa shape index (κ2) is 11.5. The van der Waals surface area contributed by atoms with Crippen LogP contribution in [-0.4, -0.2) is 0 Å². The third-order valence-electron chi connectivity index (χ3n) is 4.57. The summed E-state index contributed by atoms with van der Waals surface area (Å²) in [6, 6.07) is 19.7. The molecule has 0 aliphatic heterocycles. The van der Waals surface area contributed by atoms with Gasteiger partial charge in [-0.1, -0.05) is 98.2 Å². The van der Waals surface area contributed by atoms with E-state index >= 15 is 0 Å². The van der Waals surface area contributed by atoms with E-state index < -0.39 is 0 Å². The Labute approximate surface area is 173 Å². The van der Waals surface area contributed by atoms with Crippen LogP contribution in [0, 0.1) is 0 Å². The fraction of sp³-hybridized carbons (Fsp3) is 0.407. The van der Waals surface area contributed by atoms with Crippen LogP contribution in [0.3, 0.4) is 0 Å². The molecule has 0 spiro atoms. The van der Waals surface area contributed by atoms with Crippen molar-refractivity contribution in [3.8, 4) is 11.1 Å². The minimum Gasteiger partial charge on any atom is -0.398 e. The van der Waals surface area contributed by atoms with Crippen molar-refractivity contribution in [1.82, 2.24) is 0 Å². The lowest BCUT2D eigenvalue weighted by Gasteiger charge is -2.19. The van der Waals surface area contributed by atoms with Crippen molar-refractivity contribution in [2.45, 2.75) is 73.6 Å². The minimum absolute atomic E-state index is 0.424. The fourth-order valence-electron chi connectivity index (χ4n) is 3.19. The van der Waals surface area contributed by atoms with Crippen molar-refractivity contribution in [3.63, 3.8) is 0 Å². The largest absolute Gasteiger partial charge is 0.398 e. The van der Waals surface area contributed by atoms with E-state index in [1.165, 1.54) is 39.4 Å². The first-order valence-corrected chi connectivity index (χ1v) is 10.8. The quantitative estimate of drug-likeness (QED) is 0.453. The van der Waals surface area contributed by atoms with Crippen LogP contribution in [0.4, 0.5) is 5.69 Å². The van der Waals surface area contributed by atoms with E-state index in [2.05, 4.69) is 96.1 Å². The van der Waals surface area contributed by atoms with Gasteiger partial charge in [-0.15, -0.1) is 0 Å². The molecule has 0 fully saturated rings. The molecule has 0 atom stereocenters. The molecule has 0 aromatic heterocycles. The number of rotatable bonds is 3. The normalized spacial score (nSPS) is 10.4. The zero-order valence-corrected chi connectivity index (χ0v) is 19.1. The topological polar surface area (TPSA) is 26.0 Å². The SMILES string of the molecule is CC.CC(C)c1cc(-c2ccc3ccccc3c2)cc(C(C)C)c1N.CCC. The second-order valence-electron chi connectivity index (χ2n) is 7.65. The molecule has 1 nitrogen and oxygen atoms in total. The van der Waals surface area contributed by atoms with Crippen LogP contribution in [0.25, 0.3) is 21.9 Å². The van der Waals surface area contributed by atoms with Crippen molar-refractivity contribution in [2.75, 3.05) is 5.73 Å². The van der Waals surface area contributed by atoms with Gasteiger partial charge in [0, 0.05) is 5.69 Å². The van der Waals surface area contributed by atoms with Crippen molar-refractivity contribution in [3.05, 3.63) is 65.7 Å². The first-order chi connectivity index (χ1) is 13.4. The number of nitrogens with two attached hydrogens (primary N) is 1. The van der Waals surface area contributed by atoms with E-state index in [1.807, 2.05) is 13.8 Å². The van der Waals surface area contributed by atoms with E-state index in [1.54, 1.807) is 0 Å². The van der Waals surface area contributed by atoms with E-state index in [-0.39, 0.29) is 0 Å². The third-order valence-corrected chi connectivity index (χ3v) is 4.57. The van der Waals surface area contributed by atoms with E-state index in [9.17, 15) is 0 Å². The third kappa shape index (κ3) is 5.86. The number of nitrogen functional groups attached to an aromatic ring is 1. The molecule has 0 saturated carbocycles. The molecule has 28 heavy (non-hydrogen) atoms. The smallest absolute Gasteiger partial charge is 0.0384 e. The minimum atomic E-state index is 0.424. The van der Waals surface area contributed by atoms with Crippen LogP contribution < -0.4 is 5.73 Å². The van der Waals surface area contributed by atoms with Crippen LogP contribution >= 0.6 is 0 Å². The van der Waals surface area contributed by atoms with Gasteiger partial charge >= 0.3 is 0 Å². The van der Waals surface area contributed by atoms with Gasteiger partial charge in [-0.25, -0.2) is 0 Å². The summed E-state index contributed by atoms with van der Waals surface area (Å²) in [4.78, 5) is 0. The molecule has 0 aliphatic rings. The summed E-state index contributed by atoms with van der Waals surface area (Å²) in [5.41, 5.74) is 12.4. The summed E-state index contributed by atoms with van der Waals surface area (Å²) in [5, 5.41) is 2.55. The summed E-state index contributed by atoms with van der Waals surface area (Å²) in [7, 11) is 0. The Morgan fingerprint density at radius 1 is 0.679 bits per heavy atom. The fourth-order valence-corrected chi connectivity index (χ4v) is 3.19. The highest BCUT2D eigenvalue weighted by Crippen LogP contribution is 2.35. The molecule has 0 bridgehead atoms. The summed E-state index contributed by atoms with van der Waals surface area (Å²) in [6.45, 7) is 17.1. The summed E-state index contributed by atoms with van der Waals surface area (Å²) < 4.78 is 0. The Balaban J connectivity index is 0.000000717. The van der Waals surface area contributed by atoms with E-state index in [4.69, 9.17) is 5.73 Å². The Morgan fingerprint density at radius 3 is 1.61 bits per heavy atom. The Bertz CT molecular complexity index is 830. The molecule has 0 radical (unpaired) electrons. The van der Waals surface area contributed by atoms with Crippen LogP contribution in [-0.2, 0) is 0 Å². The van der Waals surface area contributed by atoms with Gasteiger partial charge in [0.2, 0.25) is 0 Å². The molecule has 2 N–H and O–H groups in total. The van der Waals surface area contributed by atoms with Gasteiger partial charge in [0.25, 0.3) is 0 Å². The lowest BCUT2D eigenvalue weighted by Crippen LogP contribution is -2.03. The Hall–Kier alpha value is -2.28. The number of hydrogen-bond donors (Lipinski definition) is 1. The second-order valence-corrected chi connectivity index (χ2v) is 7.65. The van der Waals surface area contributed by atoms with E-state index in [0.29, 0.717) is 11.8 Å². The molecule has 152 valence electrons. The molecule has 3 aromatic rings. The molecule has 0 heterocycles. The maximum absolute atomic E-state index is 6.42. The van der Waals surface area contributed by atoms with Crippen molar-refractivity contribution < 1.29 is 0 Å². The average Bonchev–Trinajstić information content (AvgIpc) is 2.69. The van der Waals surface area contributed by atoms with Crippen LogP contribution in [0.1, 0.15) is 84.8 Å². The lowest BCUT2D eigenvalue weighted by molar-refractivity contribution is 0.840. The molecular weight excluding hydrogens is 338 g/mol. The van der Waals surface area contributed by atoms with Gasteiger partial charge < -0.3 is 5.73 Å². The maximum atomic E-state index is 6.42. The summed E-state index contributed by atoms with van der Waals surface area (Å²) >= 11 is 0. The predicted molar refractivity (Wildman–Crippen MR) is 129 cm³/mol. The highest BCUT2D eigenvalue weighted by Gasteiger charge is 2.14. The highest BCUT2D eigenvalue weighted by molar-refractivity contribution is 5.87. The predicted octanol–water partition coefficient (Wildman–Crippen LogP) is 8.78. The Morgan fingerprint density at radius 2 is 1.14 bits per heavy atom. The molecule has 3 aromatic carbocycles. The number of fused-ring (bicyclic) bond motifs is 1. The first kappa shape index (κ1) is 23.8. The first-order valence-electron chi connectivity index (χ1n) is 10.8. The molecular formula is C27H39N. The van der Waals surface area contributed by atoms with Crippen molar-refractivity contribution in [1.29, 1.82) is 0 Å². The number of anilines is 1. The standard InChI is InChI=1S/C22H25N.C3H8.C2H6/c1-14(2)20-12-19(13-21(15(3)4)22(20)23)18-10-9-16-7-5-6-8-17(16)11-18;1-3-2;1-2/h5-15H,23H2,1-4H3;3H2,1-2H3;1-2H3. The van der Waals surface area contributed by atoms with Crippen molar-refractivity contribution in [2.24, 2.45) is 0 Å². The van der Waals surface area contributed by atoms with E-state index in [0.717, 1.165) is 5.69 Å². The van der Waals surface area contributed by atoms with Gasteiger partial charge in [-0.05, 0) is 63.1 Å². The zero-order valence-electron chi connectivity index (χ0n) is 19.1. The zero-order chi connectivity index (χ0) is 21.3. The van der Waals surface area contributed by atoms with Gasteiger partial charge in [0.15, 0.2) is 0 Å². The van der Waals surface area contributed by atoms with Crippen LogP contribution in [0.5, 0.6) is 0 Å². The van der Waals surface area contributed by atoms with Gasteiger partial charge in [0.05, 0.1) is 0 Å². The molecule has 0 amide bonds. The van der Waals surface area contributed by atoms with Crippen LogP contribution in [0.15, 0.2) is 54.6 Å². The molecule has 0 saturated heterocycles. The summed E-state index contributed by atoms with van der Waals surface area (Å²) in [5.74, 6) is 0.848. The van der Waals surface area contributed by atoms with Crippen LogP contribution in [0.2, 0.25) is 0 Å². The number of benzene rings is 3. The number of hydrogen-bond acceptors (Lipinski definition) is 1. The molecule has 0 unspecified atom stereocenters.